The Morgan fingerprint density at radius 1 is 1.08 bits per heavy atom. The van der Waals surface area contributed by atoms with Crippen LogP contribution >= 0.6 is 0 Å². The van der Waals surface area contributed by atoms with E-state index in [9.17, 15) is 4.79 Å². The van der Waals surface area contributed by atoms with Crippen LogP contribution in [0, 0.1) is 0 Å². The van der Waals surface area contributed by atoms with Crippen LogP contribution in [0.25, 0.3) is 0 Å². The van der Waals surface area contributed by atoms with E-state index in [0.717, 1.165) is 18.6 Å². The van der Waals surface area contributed by atoms with Gasteiger partial charge in [0.15, 0.2) is 0 Å². The minimum Gasteiger partial charge on any atom is -0.494 e. The van der Waals surface area contributed by atoms with Crippen molar-refractivity contribution in [3.8, 4) is 5.75 Å². The summed E-state index contributed by atoms with van der Waals surface area (Å²) in [5.41, 5.74) is 4.75. The highest BCUT2D eigenvalue weighted by Gasteiger charge is 2.15. The second-order valence-corrected chi connectivity index (χ2v) is 6.80. The molecule has 3 rings (SSSR count). The number of hydrogen-bond donors (Lipinski definition) is 1. The van der Waals surface area contributed by atoms with Crippen molar-refractivity contribution in [2.45, 2.75) is 52.0 Å². The van der Waals surface area contributed by atoms with E-state index >= 15 is 0 Å². The van der Waals surface area contributed by atoms with Gasteiger partial charge in [-0.1, -0.05) is 25.1 Å². The molecule has 0 saturated carbocycles. The quantitative estimate of drug-likeness (QED) is 0.818. The second-order valence-electron chi connectivity index (χ2n) is 6.80. The zero-order valence-electron chi connectivity index (χ0n) is 15.2. The molecule has 1 atom stereocenters. The summed E-state index contributed by atoms with van der Waals surface area (Å²) in [5, 5.41) is 3.10. The lowest BCUT2D eigenvalue weighted by Gasteiger charge is -2.20. The molecule has 0 radical (unpaired) electrons. The van der Waals surface area contributed by atoms with E-state index in [1.54, 1.807) is 0 Å². The van der Waals surface area contributed by atoms with E-state index in [4.69, 9.17) is 4.74 Å². The van der Waals surface area contributed by atoms with Crippen LogP contribution < -0.4 is 10.1 Å². The number of fused-ring (bicyclic) bond motifs is 1. The first kappa shape index (κ1) is 17.5. The number of rotatable bonds is 6. The lowest BCUT2D eigenvalue weighted by molar-refractivity contribution is 0.0940. The second kappa shape index (κ2) is 8.19. The zero-order valence-corrected chi connectivity index (χ0v) is 15.2. The van der Waals surface area contributed by atoms with Gasteiger partial charge in [-0.2, -0.15) is 0 Å². The van der Waals surface area contributed by atoms with Crippen molar-refractivity contribution in [2.24, 2.45) is 0 Å². The predicted molar refractivity (Wildman–Crippen MR) is 101 cm³/mol. The highest BCUT2D eigenvalue weighted by molar-refractivity contribution is 5.94. The summed E-state index contributed by atoms with van der Waals surface area (Å²) in [6, 6.07) is 14.0. The first-order chi connectivity index (χ1) is 12.2. The third-order valence-corrected chi connectivity index (χ3v) is 4.81. The Labute approximate surface area is 150 Å². The summed E-state index contributed by atoms with van der Waals surface area (Å²) in [7, 11) is 0. The van der Waals surface area contributed by atoms with Crippen molar-refractivity contribution in [2.75, 3.05) is 6.61 Å². The molecule has 2 aromatic carbocycles. The van der Waals surface area contributed by atoms with Crippen molar-refractivity contribution >= 4 is 5.91 Å². The minimum absolute atomic E-state index is 0.00394. The SMILES string of the molecule is CCCOc1ccc(C(=O)N[C@@H](C)c2ccc3c(c2)CCCC3)cc1. The third-order valence-electron chi connectivity index (χ3n) is 4.81. The van der Waals surface area contributed by atoms with Gasteiger partial charge < -0.3 is 10.1 Å². The maximum atomic E-state index is 12.5. The maximum Gasteiger partial charge on any atom is 0.251 e. The number of amides is 1. The highest BCUT2D eigenvalue weighted by atomic mass is 16.5. The average molecular weight is 337 g/mol. The molecular formula is C22H27NO2. The molecule has 1 amide bonds. The lowest BCUT2D eigenvalue weighted by Crippen LogP contribution is -2.26. The van der Waals surface area contributed by atoms with E-state index in [1.165, 1.54) is 36.0 Å². The average Bonchev–Trinajstić information content (AvgIpc) is 2.66. The normalized spacial score (nSPS) is 14.5. The van der Waals surface area contributed by atoms with Gasteiger partial charge in [-0.05, 0) is 80.0 Å². The van der Waals surface area contributed by atoms with E-state index in [1.807, 2.05) is 31.2 Å². The highest BCUT2D eigenvalue weighted by Crippen LogP contribution is 2.25. The van der Waals surface area contributed by atoms with Crippen molar-refractivity contribution in [1.82, 2.24) is 5.32 Å². The first-order valence-electron chi connectivity index (χ1n) is 9.33. The van der Waals surface area contributed by atoms with Crippen molar-refractivity contribution in [1.29, 1.82) is 0 Å². The maximum absolute atomic E-state index is 12.5. The van der Waals surface area contributed by atoms with Crippen LogP contribution in [0.2, 0.25) is 0 Å². The van der Waals surface area contributed by atoms with E-state index in [-0.39, 0.29) is 11.9 Å². The number of hydrogen-bond acceptors (Lipinski definition) is 2. The van der Waals surface area contributed by atoms with Gasteiger partial charge in [-0.25, -0.2) is 0 Å². The molecule has 0 spiro atoms. The number of ether oxygens (including phenoxy) is 1. The molecule has 0 saturated heterocycles. The van der Waals surface area contributed by atoms with Crippen LogP contribution in [0.1, 0.15) is 66.2 Å². The largest absolute Gasteiger partial charge is 0.494 e. The standard InChI is InChI=1S/C22H27NO2/c1-3-14-25-21-12-10-18(11-13-21)22(24)23-16(2)19-9-8-17-6-4-5-7-20(17)15-19/h8-13,15-16H,3-7,14H2,1-2H3,(H,23,24)/t16-/m0/s1. The molecule has 1 aliphatic carbocycles. The van der Waals surface area contributed by atoms with Crippen LogP contribution in [0.4, 0.5) is 0 Å². The Kier molecular flexibility index (Phi) is 5.75. The molecular weight excluding hydrogens is 310 g/mol. The van der Waals surface area contributed by atoms with E-state index in [0.29, 0.717) is 12.2 Å². The molecule has 3 nitrogen and oxygen atoms in total. The Balaban J connectivity index is 1.64. The number of benzene rings is 2. The molecule has 0 bridgehead atoms. The fraction of sp³-hybridized carbons (Fsp3) is 0.409. The summed E-state index contributed by atoms with van der Waals surface area (Å²) in [6.45, 7) is 4.81. The van der Waals surface area contributed by atoms with Crippen molar-refractivity contribution in [3.63, 3.8) is 0 Å². The summed E-state index contributed by atoms with van der Waals surface area (Å²) in [5.74, 6) is 0.758. The lowest BCUT2D eigenvalue weighted by atomic mass is 9.89. The first-order valence-corrected chi connectivity index (χ1v) is 9.33. The number of nitrogens with one attached hydrogen (secondary N) is 1. The topological polar surface area (TPSA) is 38.3 Å². The molecule has 0 aromatic heterocycles. The molecule has 0 fully saturated rings. The van der Waals surface area contributed by atoms with Crippen molar-refractivity contribution in [3.05, 3.63) is 64.7 Å². The molecule has 2 aromatic rings. The van der Waals surface area contributed by atoms with Crippen LogP contribution in [-0.2, 0) is 12.8 Å². The fourth-order valence-electron chi connectivity index (χ4n) is 3.31. The van der Waals surface area contributed by atoms with E-state index < -0.39 is 0 Å². The Morgan fingerprint density at radius 2 is 1.80 bits per heavy atom. The summed E-state index contributed by atoms with van der Waals surface area (Å²) >= 11 is 0. The molecule has 1 aliphatic rings. The molecule has 0 unspecified atom stereocenters. The molecule has 25 heavy (non-hydrogen) atoms. The molecule has 3 heteroatoms. The van der Waals surface area contributed by atoms with Gasteiger partial charge >= 0.3 is 0 Å². The summed E-state index contributed by atoms with van der Waals surface area (Å²) < 4.78 is 5.56. The summed E-state index contributed by atoms with van der Waals surface area (Å²) in [4.78, 5) is 12.5. The van der Waals surface area contributed by atoms with Crippen LogP contribution in [0.3, 0.4) is 0 Å². The van der Waals surface area contributed by atoms with E-state index in [2.05, 4.69) is 30.4 Å². The van der Waals surface area contributed by atoms with Gasteiger partial charge in [0.05, 0.1) is 12.6 Å². The van der Waals surface area contributed by atoms with Gasteiger partial charge in [-0.3, -0.25) is 4.79 Å². The monoisotopic (exact) mass is 337 g/mol. The minimum atomic E-state index is -0.0488. The van der Waals surface area contributed by atoms with Crippen LogP contribution in [0.5, 0.6) is 5.75 Å². The Hall–Kier alpha value is -2.29. The third kappa shape index (κ3) is 4.41. The Bertz CT molecular complexity index is 721. The number of carbonyl (C=O) groups excluding carboxylic acids is 1. The molecule has 0 heterocycles. The zero-order chi connectivity index (χ0) is 17.6. The fourth-order valence-corrected chi connectivity index (χ4v) is 3.31. The van der Waals surface area contributed by atoms with Gasteiger partial charge in [0, 0.05) is 5.56 Å². The number of carbonyl (C=O) groups is 1. The molecule has 0 aliphatic heterocycles. The smallest absolute Gasteiger partial charge is 0.251 e. The van der Waals surface area contributed by atoms with Gasteiger partial charge in [-0.15, -0.1) is 0 Å². The van der Waals surface area contributed by atoms with Gasteiger partial charge in [0.2, 0.25) is 0 Å². The van der Waals surface area contributed by atoms with Crippen LogP contribution in [-0.4, -0.2) is 12.5 Å². The summed E-state index contributed by atoms with van der Waals surface area (Å²) in [6.07, 6.45) is 5.87. The Morgan fingerprint density at radius 3 is 2.52 bits per heavy atom. The molecule has 1 N–H and O–H groups in total. The van der Waals surface area contributed by atoms with Crippen LogP contribution in [0.15, 0.2) is 42.5 Å². The van der Waals surface area contributed by atoms with Gasteiger partial charge in [0.25, 0.3) is 5.91 Å². The molecule has 132 valence electrons. The predicted octanol–water partition coefficient (Wildman–Crippen LogP) is 4.85. The number of aryl methyl sites for hydroxylation is 2. The van der Waals surface area contributed by atoms with Gasteiger partial charge in [0.1, 0.15) is 5.75 Å². The van der Waals surface area contributed by atoms with Crippen molar-refractivity contribution < 1.29 is 9.53 Å².